The van der Waals surface area contributed by atoms with E-state index in [1.807, 2.05) is 19.9 Å². The summed E-state index contributed by atoms with van der Waals surface area (Å²) in [6.07, 6.45) is 5.60. The second-order valence-electron chi connectivity index (χ2n) is 8.57. The normalized spacial score (nSPS) is 22.7. The van der Waals surface area contributed by atoms with E-state index in [0.717, 1.165) is 59.8 Å². The first kappa shape index (κ1) is 26.6. The van der Waals surface area contributed by atoms with Crippen molar-refractivity contribution in [3.63, 3.8) is 0 Å². The van der Waals surface area contributed by atoms with Crippen LogP contribution in [0.1, 0.15) is 63.5 Å². The molecule has 0 bridgehead atoms. The van der Waals surface area contributed by atoms with Crippen LogP contribution >= 0.6 is 22.4 Å². The standard InChI is InChI=1S/C26H33FO5S2/c1-4-6-7-19-14-21(18-8-10-20(27)11-9-18)22-15-24(33-5-2)23(32-13-12-26(28)29)16-25(22)34(30,31)17(19)3/h8-13,15-17,19,21,30-31H,4-7,14H2,1-3H3,(H,28,29)/b13-12+. The minimum atomic E-state index is -3.19. The number of carbonyl (C=O) groups is 1. The fourth-order valence-electron chi connectivity index (χ4n) is 4.54. The van der Waals surface area contributed by atoms with Crippen LogP contribution in [0.2, 0.25) is 0 Å². The Kier molecular flexibility index (Phi) is 9.09. The number of benzene rings is 2. The lowest BCUT2D eigenvalue weighted by molar-refractivity contribution is -0.131. The molecule has 0 saturated carbocycles. The van der Waals surface area contributed by atoms with E-state index in [1.54, 1.807) is 18.2 Å². The first-order valence-corrected chi connectivity index (χ1v) is 14.2. The Morgan fingerprint density at radius 3 is 2.56 bits per heavy atom. The summed E-state index contributed by atoms with van der Waals surface area (Å²) in [4.78, 5) is 12.1. The van der Waals surface area contributed by atoms with Gasteiger partial charge >= 0.3 is 5.97 Å². The number of hydrogen-bond acceptors (Lipinski definition) is 5. The van der Waals surface area contributed by atoms with Gasteiger partial charge in [0.05, 0.1) is 27.4 Å². The molecular formula is C26H33FO5S2. The first-order chi connectivity index (χ1) is 16.2. The van der Waals surface area contributed by atoms with Crippen molar-refractivity contribution in [2.24, 2.45) is 5.92 Å². The van der Waals surface area contributed by atoms with Crippen LogP contribution in [0.4, 0.5) is 4.39 Å². The minimum Gasteiger partial charge on any atom is -0.478 e. The Labute approximate surface area is 206 Å². The highest BCUT2D eigenvalue weighted by atomic mass is 32.3. The average Bonchev–Trinajstić information content (AvgIpc) is 2.87. The third kappa shape index (κ3) is 5.97. The molecule has 0 amide bonds. The second kappa shape index (κ2) is 11.6. The van der Waals surface area contributed by atoms with E-state index in [9.17, 15) is 18.3 Å². The Balaban J connectivity index is 2.20. The molecule has 5 nitrogen and oxygen atoms in total. The van der Waals surface area contributed by atoms with Gasteiger partial charge in [0.15, 0.2) is 0 Å². The molecular weight excluding hydrogens is 475 g/mol. The van der Waals surface area contributed by atoms with Crippen molar-refractivity contribution in [3.8, 4) is 5.75 Å². The van der Waals surface area contributed by atoms with Gasteiger partial charge in [-0.15, -0.1) is 11.8 Å². The summed E-state index contributed by atoms with van der Waals surface area (Å²) < 4.78 is 42.4. The van der Waals surface area contributed by atoms with Crippen LogP contribution < -0.4 is 4.74 Å². The fourth-order valence-corrected chi connectivity index (χ4v) is 7.32. The predicted molar refractivity (Wildman–Crippen MR) is 137 cm³/mol. The van der Waals surface area contributed by atoms with Crippen molar-refractivity contribution in [1.29, 1.82) is 0 Å². The number of ether oxygens (including phenoxy) is 1. The van der Waals surface area contributed by atoms with Gasteiger partial charge in [-0.05, 0) is 60.8 Å². The van der Waals surface area contributed by atoms with Crippen molar-refractivity contribution < 1.29 is 28.1 Å². The van der Waals surface area contributed by atoms with E-state index >= 15 is 0 Å². The van der Waals surface area contributed by atoms with Crippen molar-refractivity contribution in [2.45, 2.75) is 67.4 Å². The molecule has 8 heteroatoms. The maximum absolute atomic E-state index is 13.7. The summed E-state index contributed by atoms with van der Waals surface area (Å²) in [7, 11) is -3.19. The Bertz CT molecular complexity index is 1020. The van der Waals surface area contributed by atoms with E-state index < -0.39 is 16.6 Å². The highest BCUT2D eigenvalue weighted by Crippen LogP contribution is 2.63. The lowest BCUT2D eigenvalue weighted by Gasteiger charge is -2.41. The highest BCUT2D eigenvalue weighted by molar-refractivity contribution is 8.24. The lowest BCUT2D eigenvalue weighted by Crippen LogP contribution is -2.23. The number of carboxylic acid groups (broad SMARTS) is 1. The molecule has 3 atom stereocenters. The van der Waals surface area contributed by atoms with E-state index in [2.05, 4.69) is 6.92 Å². The summed E-state index contributed by atoms with van der Waals surface area (Å²) in [5.74, 6) is -0.355. The van der Waals surface area contributed by atoms with Crippen LogP contribution in [-0.2, 0) is 4.79 Å². The van der Waals surface area contributed by atoms with Crippen LogP contribution in [-0.4, -0.2) is 31.2 Å². The molecule has 0 aromatic heterocycles. The molecule has 1 aliphatic heterocycles. The van der Waals surface area contributed by atoms with E-state index in [0.29, 0.717) is 10.6 Å². The minimum absolute atomic E-state index is 0.0750. The van der Waals surface area contributed by atoms with Crippen molar-refractivity contribution in [2.75, 3.05) is 5.75 Å². The monoisotopic (exact) mass is 508 g/mol. The van der Waals surface area contributed by atoms with Gasteiger partial charge in [0.2, 0.25) is 0 Å². The largest absolute Gasteiger partial charge is 0.478 e. The third-order valence-corrected chi connectivity index (χ3v) is 9.74. The SMILES string of the molecule is CCCCC1CC(c2ccc(F)cc2)c2cc(SCC)c(O/C=C/C(=O)O)cc2S(O)(O)C1C. The van der Waals surface area contributed by atoms with Crippen molar-refractivity contribution in [1.82, 2.24) is 0 Å². The van der Waals surface area contributed by atoms with Crippen molar-refractivity contribution in [3.05, 3.63) is 65.7 Å². The zero-order valence-electron chi connectivity index (χ0n) is 19.7. The van der Waals surface area contributed by atoms with E-state index in [1.165, 1.54) is 23.9 Å². The maximum Gasteiger partial charge on any atom is 0.331 e. The summed E-state index contributed by atoms with van der Waals surface area (Å²) in [6, 6.07) is 10.0. The number of unbranched alkanes of at least 4 members (excludes halogenated alkanes) is 1. The average molecular weight is 509 g/mol. The van der Waals surface area contributed by atoms with Gasteiger partial charge in [-0.3, -0.25) is 9.11 Å². The molecule has 0 radical (unpaired) electrons. The Hall–Kier alpha value is -2.00. The molecule has 3 rings (SSSR count). The summed E-state index contributed by atoms with van der Waals surface area (Å²) in [6.45, 7) is 6.02. The number of fused-ring (bicyclic) bond motifs is 1. The van der Waals surface area contributed by atoms with Crippen LogP contribution in [0.3, 0.4) is 0 Å². The van der Waals surface area contributed by atoms with Gasteiger partial charge in [0.25, 0.3) is 0 Å². The molecule has 1 heterocycles. The fraction of sp³-hybridized carbons (Fsp3) is 0.423. The number of aliphatic carboxylic acids is 1. The van der Waals surface area contributed by atoms with Gasteiger partial charge in [-0.2, -0.15) is 10.6 Å². The Morgan fingerprint density at radius 2 is 1.94 bits per heavy atom. The molecule has 0 spiro atoms. The van der Waals surface area contributed by atoms with Crippen LogP contribution in [0.15, 0.2) is 58.5 Å². The molecule has 0 saturated heterocycles. The van der Waals surface area contributed by atoms with Gasteiger partial charge < -0.3 is 9.84 Å². The lowest BCUT2D eigenvalue weighted by atomic mass is 9.81. The molecule has 3 unspecified atom stereocenters. The maximum atomic E-state index is 13.7. The number of hydrogen-bond donors (Lipinski definition) is 3. The number of rotatable bonds is 9. The zero-order chi connectivity index (χ0) is 24.9. The summed E-state index contributed by atoms with van der Waals surface area (Å²) in [5, 5.41) is 8.55. The highest BCUT2D eigenvalue weighted by Gasteiger charge is 2.40. The Morgan fingerprint density at radius 1 is 1.24 bits per heavy atom. The molecule has 0 aliphatic carbocycles. The van der Waals surface area contributed by atoms with E-state index in [4.69, 9.17) is 9.84 Å². The van der Waals surface area contributed by atoms with Crippen LogP contribution in [0.25, 0.3) is 0 Å². The smallest absolute Gasteiger partial charge is 0.331 e. The van der Waals surface area contributed by atoms with Gasteiger partial charge in [0.1, 0.15) is 11.6 Å². The first-order valence-electron chi connectivity index (χ1n) is 11.6. The quantitative estimate of drug-likeness (QED) is 0.182. The van der Waals surface area contributed by atoms with Crippen molar-refractivity contribution >= 4 is 28.3 Å². The van der Waals surface area contributed by atoms with E-state index in [-0.39, 0.29) is 22.9 Å². The third-order valence-electron chi connectivity index (χ3n) is 6.40. The molecule has 3 N–H and O–H groups in total. The van der Waals surface area contributed by atoms with Gasteiger partial charge in [-0.25, -0.2) is 9.18 Å². The molecule has 1 aliphatic rings. The summed E-state index contributed by atoms with van der Waals surface area (Å²) >= 11 is 1.54. The van der Waals surface area contributed by atoms with Crippen LogP contribution in [0, 0.1) is 11.7 Å². The molecule has 34 heavy (non-hydrogen) atoms. The number of halogens is 1. The second-order valence-corrected chi connectivity index (χ2v) is 12.2. The number of thioether (sulfide) groups is 1. The zero-order valence-corrected chi connectivity index (χ0v) is 21.4. The van der Waals surface area contributed by atoms with Gasteiger partial charge in [-0.1, -0.05) is 38.8 Å². The molecule has 2 aromatic carbocycles. The molecule has 2 aromatic rings. The molecule has 186 valence electrons. The number of carboxylic acids is 1. The molecule has 0 fully saturated rings. The van der Waals surface area contributed by atoms with Gasteiger partial charge in [0, 0.05) is 12.0 Å². The van der Waals surface area contributed by atoms with Crippen LogP contribution in [0.5, 0.6) is 5.75 Å². The predicted octanol–water partition coefficient (Wildman–Crippen LogP) is 7.75. The summed E-state index contributed by atoms with van der Waals surface area (Å²) in [5.41, 5.74) is 1.74. The topological polar surface area (TPSA) is 87.0 Å².